The highest BCUT2D eigenvalue weighted by Gasteiger charge is 2.21. The van der Waals surface area contributed by atoms with Crippen LogP contribution >= 0.6 is 0 Å². The SMILES string of the molecule is O=C(C[n+]1ccccc1)c1ccccc1[N+](=O)[O-]. The maximum atomic E-state index is 12.0. The van der Waals surface area contributed by atoms with Crippen molar-refractivity contribution in [3.05, 3.63) is 70.5 Å². The van der Waals surface area contributed by atoms with Gasteiger partial charge in [-0.3, -0.25) is 14.9 Å². The number of aromatic nitrogens is 1. The van der Waals surface area contributed by atoms with Crippen molar-refractivity contribution < 1.29 is 14.3 Å². The summed E-state index contributed by atoms with van der Waals surface area (Å²) in [5.41, 5.74) is -0.0158. The lowest BCUT2D eigenvalue weighted by molar-refractivity contribution is -0.683. The van der Waals surface area contributed by atoms with Gasteiger partial charge in [-0.2, -0.15) is 4.57 Å². The predicted octanol–water partition coefficient (Wildman–Crippen LogP) is 1.77. The van der Waals surface area contributed by atoms with Crippen molar-refractivity contribution in [1.29, 1.82) is 0 Å². The molecule has 0 radical (unpaired) electrons. The van der Waals surface area contributed by atoms with E-state index < -0.39 is 4.92 Å². The maximum absolute atomic E-state index is 12.0. The van der Waals surface area contributed by atoms with Crippen LogP contribution in [0.1, 0.15) is 10.4 Å². The summed E-state index contributed by atoms with van der Waals surface area (Å²) in [6.07, 6.45) is 3.49. The van der Waals surface area contributed by atoms with E-state index >= 15 is 0 Å². The summed E-state index contributed by atoms with van der Waals surface area (Å²) >= 11 is 0. The molecule has 0 saturated carbocycles. The molecule has 2 rings (SSSR count). The highest BCUT2D eigenvalue weighted by Crippen LogP contribution is 2.17. The standard InChI is InChI=1S/C13H11N2O3/c16-13(10-14-8-4-1-5-9-14)11-6-2-3-7-12(11)15(17)18/h1-9H,10H2/q+1. The van der Waals surface area contributed by atoms with Gasteiger partial charge in [-0.25, -0.2) is 0 Å². The molecule has 0 unspecified atom stereocenters. The summed E-state index contributed by atoms with van der Waals surface area (Å²) in [4.78, 5) is 22.3. The van der Waals surface area contributed by atoms with Gasteiger partial charge in [-0.15, -0.1) is 0 Å². The van der Waals surface area contributed by atoms with Crippen molar-refractivity contribution in [3.8, 4) is 0 Å². The minimum Gasteiger partial charge on any atom is -0.287 e. The number of para-hydroxylation sites is 1. The van der Waals surface area contributed by atoms with Crippen LogP contribution in [0.25, 0.3) is 0 Å². The number of ketones is 1. The quantitative estimate of drug-likeness (QED) is 0.356. The number of hydrogen-bond acceptors (Lipinski definition) is 3. The summed E-state index contributed by atoms with van der Waals surface area (Å²) in [6.45, 7) is 0.0890. The first-order valence-electron chi connectivity index (χ1n) is 5.39. The van der Waals surface area contributed by atoms with Gasteiger partial charge in [0.25, 0.3) is 5.69 Å². The average molecular weight is 243 g/mol. The second kappa shape index (κ2) is 5.18. The monoisotopic (exact) mass is 243 g/mol. The van der Waals surface area contributed by atoms with E-state index in [0.29, 0.717) is 0 Å². The lowest BCUT2D eigenvalue weighted by atomic mass is 10.1. The van der Waals surface area contributed by atoms with Gasteiger partial charge in [-0.1, -0.05) is 18.2 Å². The Bertz CT molecular complexity index is 582. The van der Waals surface area contributed by atoms with Gasteiger partial charge in [0, 0.05) is 18.2 Å². The van der Waals surface area contributed by atoms with E-state index in [2.05, 4.69) is 0 Å². The van der Waals surface area contributed by atoms with Crippen LogP contribution in [-0.4, -0.2) is 10.7 Å². The highest BCUT2D eigenvalue weighted by molar-refractivity contribution is 5.98. The van der Waals surface area contributed by atoms with Crippen molar-refractivity contribution >= 4 is 11.5 Å². The minimum atomic E-state index is -0.539. The second-order valence-corrected chi connectivity index (χ2v) is 3.75. The van der Waals surface area contributed by atoms with E-state index in [1.165, 1.54) is 12.1 Å². The molecule has 0 spiro atoms. The fourth-order valence-electron chi connectivity index (χ4n) is 1.66. The smallest absolute Gasteiger partial charge is 0.280 e. The third kappa shape index (κ3) is 2.57. The number of nitrogens with zero attached hydrogens (tertiary/aromatic N) is 2. The Morgan fingerprint density at radius 1 is 1.11 bits per heavy atom. The fraction of sp³-hybridized carbons (Fsp3) is 0.0769. The van der Waals surface area contributed by atoms with Crippen LogP contribution in [0, 0.1) is 10.1 Å². The predicted molar refractivity (Wildman–Crippen MR) is 64.1 cm³/mol. The van der Waals surface area contributed by atoms with E-state index in [1.807, 2.05) is 6.07 Å². The molecule has 0 saturated heterocycles. The molecule has 1 heterocycles. The Morgan fingerprint density at radius 3 is 2.44 bits per heavy atom. The zero-order valence-corrected chi connectivity index (χ0v) is 9.52. The van der Waals surface area contributed by atoms with Gasteiger partial charge in [0.1, 0.15) is 5.56 Å². The Balaban J connectivity index is 2.27. The first-order chi connectivity index (χ1) is 8.68. The highest BCUT2D eigenvalue weighted by atomic mass is 16.6. The largest absolute Gasteiger partial charge is 0.287 e. The summed E-state index contributed by atoms with van der Waals surface area (Å²) < 4.78 is 1.68. The second-order valence-electron chi connectivity index (χ2n) is 3.75. The number of carbonyl (C=O) groups is 1. The number of benzene rings is 1. The van der Waals surface area contributed by atoms with E-state index in [0.717, 1.165) is 0 Å². The zero-order chi connectivity index (χ0) is 13.0. The maximum Gasteiger partial charge on any atom is 0.280 e. The summed E-state index contributed by atoms with van der Waals surface area (Å²) in [5, 5.41) is 10.8. The van der Waals surface area contributed by atoms with Gasteiger partial charge in [-0.05, 0) is 6.07 Å². The van der Waals surface area contributed by atoms with Crippen molar-refractivity contribution in [2.24, 2.45) is 0 Å². The molecule has 5 heteroatoms. The first-order valence-corrected chi connectivity index (χ1v) is 5.39. The summed E-state index contributed by atoms with van der Waals surface area (Å²) in [6, 6.07) is 11.4. The Kier molecular flexibility index (Phi) is 3.43. The molecule has 5 nitrogen and oxygen atoms in total. The van der Waals surface area contributed by atoms with E-state index in [1.54, 1.807) is 41.2 Å². The number of pyridine rings is 1. The van der Waals surface area contributed by atoms with Crippen LogP contribution in [0.15, 0.2) is 54.9 Å². The van der Waals surface area contributed by atoms with Gasteiger partial charge in [0.05, 0.1) is 4.92 Å². The Hall–Kier alpha value is -2.56. The lowest BCUT2D eigenvalue weighted by Crippen LogP contribution is -2.37. The molecule has 1 aromatic heterocycles. The van der Waals surface area contributed by atoms with Crippen molar-refractivity contribution in [2.45, 2.75) is 6.54 Å². The normalized spacial score (nSPS) is 10.0. The molecule has 0 N–H and O–H groups in total. The molecule has 0 bridgehead atoms. The van der Waals surface area contributed by atoms with Crippen LogP contribution in [0.5, 0.6) is 0 Å². The van der Waals surface area contributed by atoms with E-state index in [4.69, 9.17) is 0 Å². The first kappa shape index (κ1) is 11.9. The molecule has 2 aromatic rings. The summed E-state index contributed by atoms with van der Waals surface area (Å²) in [7, 11) is 0. The van der Waals surface area contributed by atoms with Gasteiger partial charge < -0.3 is 0 Å². The summed E-state index contributed by atoms with van der Waals surface area (Å²) in [5.74, 6) is -0.279. The third-order valence-electron chi connectivity index (χ3n) is 2.50. The molecule has 0 atom stereocenters. The molecule has 90 valence electrons. The van der Waals surface area contributed by atoms with E-state index in [9.17, 15) is 14.9 Å². The third-order valence-corrected chi connectivity index (χ3v) is 2.50. The Labute approximate surface area is 103 Å². The number of Topliss-reactive ketones (excluding diaryl/α,β-unsaturated/α-hetero) is 1. The molecule has 0 aliphatic carbocycles. The number of hydrogen-bond donors (Lipinski definition) is 0. The average Bonchev–Trinajstić information content (AvgIpc) is 2.40. The van der Waals surface area contributed by atoms with Crippen LogP contribution in [-0.2, 0) is 6.54 Å². The number of nitro groups is 1. The lowest BCUT2D eigenvalue weighted by Gasteiger charge is -1.99. The number of nitro benzene ring substituents is 1. The van der Waals surface area contributed by atoms with Gasteiger partial charge >= 0.3 is 0 Å². The molecule has 0 amide bonds. The van der Waals surface area contributed by atoms with Crippen LogP contribution in [0.4, 0.5) is 5.69 Å². The molecule has 0 aliphatic heterocycles. The van der Waals surface area contributed by atoms with Gasteiger partial charge in [0.15, 0.2) is 12.4 Å². The molecule has 18 heavy (non-hydrogen) atoms. The Morgan fingerprint density at radius 2 is 1.78 bits per heavy atom. The van der Waals surface area contributed by atoms with Gasteiger partial charge in [0.2, 0.25) is 12.3 Å². The van der Waals surface area contributed by atoms with Crippen LogP contribution in [0.3, 0.4) is 0 Å². The van der Waals surface area contributed by atoms with Crippen LogP contribution in [0.2, 0.25) is 0 Å². The number of carbonyl (C=O) groups excluding carboxylic acids is 1. The minimum absolute atomic E-state index is 0.0890. The molecule has 1 aromatic carbocycles. The molecular formula is C13H11N2O3+. The topological polar surface area (TPSA) is 64.1 Å². The van der Waals surface area contributed by atoms with E-state index in [-0.39, 0.29) is 23.6 Å². The number of rotatable bonds is 4. The zero-order valence-electron chi connectivity index (χ0n) is 9.52. The molecule has 0 aliphatic rings. The fourth-order valence-corrected chi connectivity index (χ4v) is 1.66. The molecular weight excluding hydrogens is 232 g/mol. The van der Waals surface area contributed by atoms with Crippen molar-refractivity contribution in [1.82, 2.24) is 0 Å². The van der Waals surface area contributed by atoms with Crippen molar-refractivity contribution in [3.63, 3.8) is 0 Å². The van der Waals surface area contributed by atoms with Crippen LogP contribution < -0.4 is 4.57 Å². The van der Waals surface area contributed by atoms with Crippen molar-refractivity contribution in [2.75, 3.05) is 0 Å². The molecule has 0 fully saturated rings.